The Kier molecular flexibility index (Phi) is 7.40. The smallest absolute Gasteiger partial charge is 0.109 e. The van der Waals surface area contributed by atoms with E-state index in [0.29, 0.717) is 6.54 Å². The monoisotopic (exact) mass is 288 g/mol. The van der Waals surface area contributed by atoms with Crippen molar-refractivity contribution in [2.45, 2.75) is 77.7 Å². The molecule has 7 heteroatoms. The molecule has 0 aliphatic rings. The van der Waals surface area contributed by atoms with E-state index in [9.17, 15) is 9.81 Å². The lowest BCUT2D eigenvalue weighted by atomic mass is 9.96. The maximum atomic E-state index is 10.6. The number of hydrogen-bond donors (Lipinski definition) is 2. The first kappa shape index (κ1) is 19.1. The Balaban J connectivity index is 4.22. The first-order chi connectivity index (χ1) is 9.06. The van der Waals surface area contributed by atoms with E-state index in [-0.39, 0.29) is 12.1 Å². The largest absolute Gasteiger partial charge is 0.307 e. The minimum Gasteiger partial charge on any atom is -0.307 e. The van der Waals surface area contributed by atoms with Gasteiger partial charge < -0.3 is 5.32 Å². The fourth-order valence-electron chi connectivity index (χ4n) is 1.20. The highest BCUT2D eigenvalue weighted by Crippen LogP contribution is 2.14. The topological polar surface area (TPSA) is 92.2 Å². The van der Waals surface area contributed by atoms with Crippen LogP contribution in [0, 0.1) is 9.81 Å². The van der Waals surface area contributed by atoms with Crippen LogP contribution in [-0.4, -0.2) is 35.8 Å². The highest BCUT2D eigenvalue weighted by atomic mass is 16.7. The van der Waals surface area contributed by atoms with Crippen molar-refractivity contribution < 1.29 is 4.84 Å². The van der Waals surface area contributed by atoms with Gasteiger partial charge in [-0.05, 0) is 48.5 Å². The molecule has 0 aliphatic heterocycles. The van der Waals surface area contributed by atoms with E-state index >= 15 is 0 Å². The minimum atomic E-state index is -0.539. The van der Waals surface area contributed by atoms with Crippen LogP contribution in [0.5, 0.6) is 0 Å². The van der Waals surface area contributed by atoms with Gasteiger partial charge in [-0.3, -0.25) is 4.84 Å². The van der Waals surface area contributed by atoms with Crippen LogP contribution in [0.3, 0.4) is 0 Å². The number of nitrogens with one attached hydrogen (secondary N) is 2. The van der Waals surface area contributed by atoms with Gasteiger partial charge in [-0.2, -0.15) is 15.3 Å². The van der Waals surface area contributed by atoms with Gasteiger partial charge in [0.1, 0.15) is 12.1 Å². The first-order valence-electron chi connectivity index (χ1n) is 6.89. The fraction of sp³-hybridized carbons (Fsp3) is 1.00. The number of nitroso groups, excluding NO2 is 2. The van der Waals surface area contributed by atoms with Gasteiger partial charge in [-0.15, -0.1) is 0 Å². The Morgan fingerprint density at radius 3 is 1.85 bits per heavy atom. The molecule has 0 aromatic carbocycles. The summed E-state index contributed by atoms with van der Waals surface area (Å²) in [5.74, 6) is 0. The molecule has 0 bridgehead atoms. The molecular formula is C13H28N4O3. The molecule has 7 nitrogen and oxygen atoms in total. The molecule has 0 aliphatic carbocycles. The standard InChI is InChI=1S/C13H28N4O3/c1-9(8-14-12(4,5)10(2)15-18)20-17-13(6,7)11(3)16-19/h9-11,14,17H,8H2,1-7H3. The van der Waals surface area contributed by atoms with Crippen LogP contribution in [0.15, 0.2) is 10.4 Å². The van der Waals surface area contributed by atoms with Crippen molar-refractivity contribution in [1.29, 1.82) is 0 Å². The molecule has 3 unspecified atom stereocenters. The summed E-state index contributed by atoms with van der Waals surface area (Å²) in [6, 6.07) is -0.739. The van der Waals surface area contributed by atoms with Crippen LogP contribution in [0.25, 0.3) is 0 Å². The van der Waals surface area contributed by atoms with Crippen LogP contribution >= 0.6 is 0 Å². The van der Waals surface area contributed by atoms with Gasteiger partial charge in [0, 0.05) is 12.1 Å². The lowest BCUT2D eigenvalue weighted by Crippen LogP contribution is -2.52. The van der Waals surface area contributed by atoms with Crippen LogP contribution in [0.4, 0.5) is 0 Å². The molecule has 0 rings (SSSR count). The van der Waals surface area contributed by atoms with Gasteiger partial charge >= 0.3 is 0 Å². The predicted molar refractivity (Wildman–Crippen MR) is 80.4 cm³/mol. The highest BCUT2D eigenvalue weighted by molar-refractivity contribution is 4.89. The molecule has 0 fully saturated rings. The van der Waals surface area contributed by atoms with E-state index in [4.69, 9.17) is 4.84 Å². The van der Waals surface area contributed by atoms with Crippen molar-refractivity contribution in [1.82, 2.24) is 10.8 Å². The second-order valence-electron chi connectivity index (χ2n) is 6.42. The summed E-state index contributed by atoms with van der Waals surface area (Å²) in [6.45, 7) is 13.5. The second kappa shape index (κ2) is 7.75. The zero-order valence-electron chi connectivity index (χ0n) is 13.6. The van der Waals surface area contributed by atoms with Crippen LogP contribution in [0.2, 0.25) is 0 Å². The van der Waals surface area contributed by atoms with E-state index in [1.807, 2.05) is 34.6 Å². The molecule has 0 spiro atoms. The lowest BCUT2D eigenvalue weighted by Gasteiger charge is -2.32. The van der Waals surface area contributed by atoms with Gasteiger partial charge in [0.15, 0.2) is 0 Å². The Morgan fingerprint density at radius 1 is 0.950 bits per heavy atom. The summed E-state index contributed by atoms with van der Waals surface area (Å²) >= 11 is 0. The molecule has 0 heterocycles. The zero-order valence-corrected chi connectivity index (χ0v) is 13.6. The molecule has 0 saturated carbocycles. The Bertz CT molecular complexity index is 291. The highest BCUT2D eigenvalue weighted by Gasteiger charge is 2.29. The molecule has 0 saturated heterocycles. The maximum absolute atomic E-state index is 10.6. The van der Waals surface area contributed by atoms with Gasteiger partial charge in [0.25, 0.3) is 0 Å². The van der Waals surface area contributed by atoms with Crippen LogP contribution in [-0.2, 0) is 4.84 Å². The molecular weight excluding hydrogens is 260 g/mol. The summed E-state index contributed by atoms with van der Waals surface area (Å²) in [6.07, 6.45) is -0.133. The van der Waals surface area contributed by atoms with Crippen molar-refractivity contribution >= 4 is 0 Å². The van der Waals surface area contributed by atoms with E-state index in [2.05, 4.69) is 21.2 Å². The molecule has 118 valence electrons. The number of hydroxylamine groups is 1. The summed E-state index contributed by atoms with van der Waals surface area (Å²) < 4.78 is 0. The number of nitrogens with zero attached hydrogens (tertiary/aromatic N) is 2. The van der Waals surface area contributed by atoms with Crippen molar-refractivity contribution in [3.05, 3.63) is 9.81 Å². The van der Waals surface area contributed by atoms with Gasteiger partial charge in [0.2, 0.25) is 0 Å². The van der Waals surface area contributed by atoms with Crippen molar-refractivity contribution in [2.75, 3.05) is 6.54 Å². The second-order valence-corrected chi connectivity index (χ2v) is 6.42. The fourth-order valence-corrected chi connectivity index (χ4v) is 1.20. The third-order valence-corrected chi connectivity index (χ3v) is 3.77. The quantitative estimate of drug-likeness (QED) is 0.475. The average molecular weight is 288 g/mol. The van der Waals surface area contributed by atoms with E-state index in [0.717, 1.165) is 0 Å². The van der Waals surface area contributed by atoms with E-state index < -0.39 is 17.1 Å². The zero-order chi connectivity index (χ0) is 16.0. The Hall–Kier alpha value is -0.920. The van der Waals surface area contributed by atoms with Crippen LogP contribution < -0.4 is 10.8 Å². The summed E-state index contributed by atoms with van der Waals surface area (Å²) in [7, 11) is 0. The summed E-state index contributed by atoms with van der Waals surface area (Å²) in [5, 5.41) is 9.29. The average Bonchev–Trinajstić information content (AvgIpc) is 2.40. The minimum absolute atomic E-state index is 0.133. The third-order valence-electron chi connectivity index (χ3n) is 3.77. The van der Waals surface area contributed by atoms with Gasteiger partial charge in [0.05, 0.1) is 11.6 Å². The van der Waals surface area contributed by atoms with Gasteiger partial charge in [-0.25, -0.2) is 0 Å². The lowest BCUT2D eigenvalue weighted by molar-refractivity contribution is -0.0629. The number of hydrogen-bond acceptors (Lipinski definition) is 7. The Morgan fingerprint density at radius 2 is 1.40 bits per heavy atom. The van der Waals surface area contributed by atoms with Crippen molar-refractivity contribution in [3.63, 3.8) is 0 Å². The summed E-state index contributed by atoms with van der Waals surface area (Å²) in [5.41, 5.74) is 1.94. The van der Waals surface area contributed by atoms with E-state index in [1.165, 1.54) is 0 Å². The molecule has 20 heavy (non-hydrogen) atoms. The molecule has 3 atom stereocenters. The normalized spacial score (nSPS) is 17.4. The molecule has 0 aromatic heterocycles. The number of rotatable bonds is 10. The molecule has 0 aromatic rings. The van der Waals surface area contributed by atoms with Crippen molar-refractivity contribution in [2.24, 2.45) is 10.4 Å². The first-order valence-corrected chi connectivity index (χ1v) is 6.89. The van der Waals surface area contributed by atoms with E-state index in [1.54, 1.807) is 13.8 Å². The SMILES string of the molecule is CC(CNC(C)(C)C(C)N=O)ONC(C)(C)C(C)N=O. The van der Waals surface area contributed by atoms with Crippen molar-refractivity contribution in [3.8, 4) is 0 Å². The molecule has 0 radical (unpaired) electrons. The van der Waals surface area contributed by atoms with Crippen LogP contribution in [0.1, 0.15) is 48.5 Å². The molecule has 2 N–H and O–H groups in total. The predicted octanol–water partition coefficient (Wildman–Crippen LogP) is 2.35. The Labute approximate surface area is 121 Å². The maximum Gasteiger partial charge on any atom is 0.109 e. The molecule has 0 amide bonds. The summed E-state index contributed by atoms with van der Waals surface area (Å²) in [4.78, 5) is 26.7. The third kappa shape index (κ3) is 6.02. The van der Waals surface area contributed by atoms with Gasteiger partial charge in [-0.1, -0.05) is 10.4 Å².